The second kappa shape index (κ2) is 6.29. The third-order valence-electron chi connectivity index (χ3n) is 2.93. The van der Waals surface area contributed by atoms with E-state index in [0.29, 0.717) is 5.11 Å². The molecule has 0 aliphatic carbocycles. The van der Waals surface area contributed by atoms with Crippen molar-refractivity contribution in [3.8, 4) is 5.69 Å². The zero-order chi connectivity index (χ0) is 14.5. The molecule has 1 aromatic carbocycles. The van der Waals surface area contributed by atoms with E-state index in [1.54, 1.807) is 13.3 Å². The largest absolute Gasteiger partial charge is 0.364 e. The Morgan fingerprint density at radius 3 is 2.65 bits per heavy atom. The second-order valence-corrected chi connectivity index (χ2v) is 4.69. The van der Waals surface area contributed by atoms with Crippen LogP contribution in [0.15, 0.2) is 35.4 Å². The van der Waals surface area contributed by atoms with E-state index in [4.69, 9.17) is 12.2 Å². The van der Waals surface area contributed by atoms with Crippen molar-refractivity contribution in [2.75, 3.05) is 7.05 Å². The van der Waals surface area contributed by atoms with E-state index < -0.39 is 0 Å². The average Bonchev–Trinajstić information content (AvgIpc) is 2.75. The zero-order valence-corrected chi connectivity index (χ0v) is 12.5. The van der Waals surface area contributed by atoms with Gasteiger partial charge in [0.1, 0.15) is 0 Å². The Morgan fingerprint density at radius 1 is 1.30 bits per heavy atom. The SMILES string of the molecule is CNC(=S)N/N=C/c1c(C)nn(-c2ccccc2)c1C. The van der Waals surface area contributed by atoms with Gasteiger partial charge in [-0.1, -0.05) is 18.2 Å². The highest BCUT2D eigenvalue weighted by molar-refractivity contribution is 7.80. The molecule has 1 aromatic heterocycles. The van der Waals surface area contributed by atoms with Gasteiger partial charge < -0.3 is 5.32 Å². The van der Waals surface area contributed by atoms with Gasteiger partial charge in [-0.3, -0.25) is 5.43 Å². The summed E-state index contributed by atoms with van der Waals surface area (Å²) >= 11 is 4.96. The Morgan fingerprint density at radius 2 is 2.00 bits per heavy atom. The minimum atomic E-state index is 0.479. The highest BCUT2D eigenvalue weighted by atomic mass is 32.1. The molecule has 0 unspecified atom stereocenters. The fourth-order valence-electron chi connectivity index (χ4n) is 1.87. The van der Waals surface area contributed by atoms with Crippen LogP contribution >= 0.6 is 12.2 Å². The van der Waals surface area contributed by atoms with E-state index in [0.717, 1.165) is 22.6 Å². The first kappa shape index (κ1) is 14.2. The van der Waals surface area contributed by atoms with Crippen LogP contribution in [0.5, 0.6) is 0 Å². The smallest absolute Gasteiger partial charge is 0.186 e. The van der Waals surface area contributed by atoms with Crippen molar-refractivity contribution >= 4 is 23.5 Å². The van der Waals surface area contributed by atoms with Gasteiger partial charge in [0, 0.05) is 12.6 Å². The molecule has 0 aliphatic rings. The van der Waals surface area contributed by atoms with Crippen molar-refractivity contribution in [2.24, 2.45) is 5.10 Å². The molecule has 20 heavy (non-hydrogen) atoms. The molecule has 2 aromatic rings. The fourth-order valence-corrected chi connectivity index (χ4v) is 1.93. The predicted molar refractivity (Wildman–Crippen MR) is 85.4 cm³/mol. The summed E-state index contributed by atoms with van der Waals surface area (Å²) in [6, 6.07) is 10.0. The number of hydrogen-bond donors (Lipinski definition) is 2. The van der Waals surface area contributed by atoms with Crippen LogP contribution in [0.3, 0.4) is 0 Å². The molecule has 0 saturated heterocycles. The van der Waals surface area contributed by atoms with Gasteiger partial charge in [-0.15, -0.1) is 0 Å². The molecular weight excluding hydrogens is 270 g/mol. The van der Waals surface area contributed by atoms with Gasteiger partial charge in [0.25, 0.3) is 0 Å². The lowest BCUT2D eigenvalue weighted by molar-refractivity contribution is 0.833. The number of aromatic nitrogens is 2. The van der Waals surface area contributed by atoms with Crippen molar-refractivity contribution in [1.29, 1.82) is 0 Å². The molecule has 5 nitrogen and oxygen atoms in total. The maximum absolute atomic E-state index is 4.96. The van der Waals surface area contributed by atoms with E-state index in [9.17, 15) is 0 Å². The molecule has 2 N–H and O–H groups in total. The monoisotopic (exact) mass is 287 g/mol. The number of thiocarbonyl (C=S) groups is 1. The summed E-state index contributed by atoms with van der Waals surface area (Å²) in [7, 11) is 1.74. The first-order valence-electron chi connectivity index (χ1n) is 6.26. The number of rotatable bonds is 3. The number of nitrogens with one attached hydrogen (secondary N) is 2. The van der Waals surface area contributed by atoms with Crippen molar-refractivity contribution in [1.82, 2.24) is 20.5 Å². The Kier molecular flexibility index (Phi) is 4.47. The van der Waals surface area contributed by atoms with Crippen LogP contribution in [0.1, 0.15) is 17.0 Å². The van der Waals surface area contributed by atoms with Crippen LogP contribution in [0.4, 0.5) is 0 Å². The fraction of sp³-hybridized carbons (Fsp3) is 0.214. The first-order chi connectivity index (χ1) is 9.63. The van der Waals surface area contributed by atoms with E-state index in [1.807, 2.05) is 48.9 Å². The molecule has 0 radical (unpaired) electrons. The van der Waals surface area contributed by atoms with Gasteiger partial charge in [-0.2, -0.15) is 10.2 Å². The lowest BCUT2D eigenvalue weighted by Gasteiger charge is -2.03. The lowest BCUT2D eigenvalue weighted by atomic mass is 10.2. The average molecular weight is 287 g/mol. The van der Waals surface area contributed by atoms with Gasteiger partial charge in [0.15, 0.2) is 5.11 Å². The minimum Gasteiger partial charge on any atom is -0.364 e. The summed E-state index contributed by atoms with van der Waals surface area (Å²) in [6.07, 6.45) is 1.74. The predicted octanol–water partition coefficient (Wildman–Crippen LogP) is 1.92. The molecule has 6 heteroatoms. The topological polar surface area (TPSA) is 54.2 Å². The number of hydrazone groups is 1. The zero-order valence-electron chi connectivity index (χ0n) is 11.7. The number of benzene rings is 1. The number of hydrogen-bond acceptors (Lipinski definition) is 3. The Balaban J connectivity index is 2.28. The highest BCUT2D eigenvalue weighted by Crippen LogP contribution is 2.15. The molecule has 104 valence electrons. The van der Waals surface area contributed by atoms with Crippen LogP contribution in [-0.4, -0.2) is 28.2 Å². The first-order valence-corrected chi connectivity index (χ1v) is 6.66. The van der Waals surface area contributed by atoms with Gasteiger partial charge in [-0.05, 0) is 38.2 Å². The lowest BCUT2D eigenvalue weighted by Crippen LogP contribution is -2.28. The summed E-state index contributed by atoms with van der Waals surface area (Å²) in [4.78, 5) is 0. The third-order valence-corrected chi connectivity index (χ3v) is 3.23. The maximum Gasteiger partial charge on any atom is 0.186 e. The van der Waals surface area contributed by atoms with Gasteiger partial charge in [-0.25, -0.2) is 4.68 Å². The molecule has 0 bridgehead atoms. The molecular formula is C14H17N5S. The van der Waals surface area contributed by atoms with Crippen molar-refractivity contribution in [3.63, 3.8) is 0 Å². The number of aryl methyl sites for hydroxylation is 1. The Labute approximate surface area is 123 Å². The van der Waals surface area contributed by atoms with Crippen LogP contribution in [0.2, 0.25) is 0 Å². The van der Waals surface area contributed by atoms with Gasteiger partial charge in [0.05, 0.1) is 23.3 Å². The molecule has 2 rings (SSSR count). The van der Waals surface area contributed by atoms with Crippen LogP contribution < -0.4 is 10.7 Å². The van der Waals surface area contributed by atoms with E-state index >= 15 is 0 Å². The molecule has 0 saturated carbocycles. The van der Waals surface area contributed by atoms with E-state index in [2.05, 4.69) is 20.9 Å². The summed E-state index contributed by atoms with van der Waals surface area (Å²) in [6.45, 7) is 3.98. The Hall–Kier alpha value is -2.21. The normalized spacial score (nSPS) is 10.8. The molecule has 0 atom stereocenters. The quantitative estimate of drug-likeness (QED) is 0.514. The maximum atomic E-state index is 4.96. The highest BCUT2D eigenvalue weighted by Gasteiger charge is 2.10. The van der Waals surface area contributed by atoms with Crippen molar-refractivity contribution in [3.05, 3.63) is 47.3 Å². The minimum absolute atomic E-state index is 0.479. The number of nitrogens with zero attached hydrogens (tertiary/aromatic N) is 3. The number of para-hydroxylation sites is 1. The van der Waals surface area contributed by atoms with E-state index in [1.165, 1.54) is 0 Å². The summed E-state index contributed by atoms with van der Waals surface area (Å²) in [5.41, 5.74) is 6.72. The van der Waals surface area contributed by atoms with Crippen LogP contribution in [0.25, 0.3) is 5.69 Å². The second-order valence-electron chi connectivity index (χ2n) is 4.28. The summed E-state index contributed by atoms with van der Waals surface area (Å²) in [5, 5.41) is 11.9. The molecule has 1 heterocycles. The van der Waals surface area contributed by atoms with Crippen molar-refractivity contribution < 1.29 is 0 Å². The third kappa shape index (κ3) is 3.03. The van der Waals surface area contributed by atoms with Crippen molar-refractivity contribution in [2.45, 2.75) is 13.8 Å². The molecule has 0 aliphatic heterocycles. The molecule has 0 fully saturated rings. The molecule has 0 amide bonds. The van der Waals surface area contributed by atoms with Gasteiger partial charge >= 0.3 is 0 Å². The molecule has 0 spiro atoms. The Bertz CT molecular complexity index is 631. The van der Waals surface area contributed by atoms with Gasteiger partial charge in [0.2, 0.25) is 0 Å². The van der Waals surface area contributed by atoms with Crippen LogP contribution in [0, 0.1) is 13.8 Å². The summed E-state index contributed by atoms with van der Waals surface area (Å²) < 4.78 is 1.91. The van der Waals surface area contributed by atoms with Crippen LogP contribution in [-0.2, 0) is 0 Å². The van der Waals surface area contributed by atoms with E-state index in [-0.39, 0.29) is 0 Å². The summed E-state index contributed by atoms with van der Waals surface area (Å²) in [5.74, 6) is 0. The standard InChI is InChI=1S/C14H17N5S/c1-10-13(9-16-17-14(20)15-3)11(2)19(18-10)12-7-5-4-6-8-12/h4-9H,1-3H3,(H2,15,17,20)/b16-9+.